The fraction of sp³-hybridized carbons (Fsp3) is 0.440. The number of para-hydroxylation sites is 2. The highest BCUT2D eigenvalue weighted by Crippen LogP contribution is 2.26. The number of amides is 1. The average Bonchev–Trinajstić information content (AvgIpc) is 3.20. The number of fused-ring (bicyclic) bond motifs is 1. The van der Waals surface area contributed by atoms with Gasteiger partial charge in [-0.2, -0.15) is 0 Å². The number of piperidine rings is 1. The summed E-state index contributed by atoms with van der Waals surface area (Å²) >= 11 is 0. The lowest BCUT2D eigenvalue weighted by molar-refractivity contribution is -0.121. The summed E-state index contributed by atoms with van der Waals surface area (Å²) in [7, 11) is 0. The van der Waals surface area contributed by atoms with Crippen LogP contribution in [0.25, 0.3) is 11.0 Å². The zero-order valence-electron chi connectivity index (χ0n) is 19.0. The maximum Gasteiger partial charge on any atom is 0.326 e. The number of anilines is 2. The minimum atomic E-state index is -0.232. The van der Waals surface area contributed by atoms with Crippen LogP contribution in [0.1, 0.15) is 25.8 Å². The fourth-order valence-corrected chi connectivity index (χ4v) is 4.96. The van der Waals surface area contributed by atoms with Crippen LogP contribution in [0.4, 0.5) is 11.4 Å². The van der Waals surface area contributed by atoms with Crippen molar-refractivity contribution in [3.8, 4) is 0 Å². The van der Waals surface area contributed by atoms with Gasteiger partial charge in [-0.05, 0) is 56.2 Å². The van der Waals surface area contributed by atoms with Crippen LogP contribution in [0, 0.1) is 0 Å². The monoisotopic (exact) mass is 449 g/mol. The molecule has 2 aliphatic rings. The number of ether oxygens (including phenoxy) is 1. The third-order valence-corrected chi connectivity index (χ3v) is 6.93. The predicted molar refractivity (Wildman–Crippen MR) is 130 cm³/mol. The number of nitrogens with zero attached hydrogens (tertiary/aromatic N) is 3. The molecule has 1 unspecified atom stereocenters. The maximum atomic E-state index is 12.9. The molecule has 174 valence electrons. The van der Waals surface area contributed by atoms with Crippen molar-refractivity contribution in [1.29, 1.82) is 0 Å². The summed E-state index contributed by atoms with van der Waals surface area (Å²) in [6, 6.07) is 15.8. The van der Waals surface area contributed by atoms with Crippen LogP contribution in [-0.2, 0) is 9.53 Å². The SMILES string of the molecule is CC(C(=O)Nc1ccc(N2CCOCC2)cc1)N1CCC(n2c(=O)[nH]c3ccccc32)CC1. The highest BCUT2D eigenvalue weighted by atomic mass is 16.5. The van der Waals surface area contributed by atoms with Gasteiger partial charge in [-0.1, -0.05) is 12.1 Å². The number of hydrogen-bond donors (Lipinski definition) is 2. The molecular formula is C25H31N5O3. The molecule has 5 rings (SSSR count). The number of hydrogen-bond acceptors (Lipinski definition) is 5. The van der Waals surface area contributed by atoms with Crippen LogP contribution in [0.3, 0.4) is 0 Å². The molecule has 2 aliphatic heterocycles. The number of aromatic amines is 1. The van der Waals surface area contributed by atoms with Crippen molar-refractivity contribution in [1.82, 2.24) is 14.5 Å². The number of nitrogens with one attached hydrogen (secondary N) is 2. The van der Waals surface area contributed by atoms with E-state index in [4.69, 9.17) is 4.74 Å². The van der Waals surface area contributed by atoms with Crippen LogP contribution < -0.4 is 15.9 Å². The van der Waals surface area contributed by atoms with E-state index in [-0.39, 0.29) is 23.7 Å². The van der Waals surface area contributed by atoms with E-state index in [0.717, 1.165) is 74.6 Å². The second kappa shape index (κ2) is 9.41. The zero-order chi connectivity index (χ0) is 22.8. The van der Waals surface area contributed by atoms with E-state index >= 15 is 0 Å². The van der Waals surface area contributed by atoms with E-state index < -0.39 is 0 Å². The van der Waals surface area contributed by atoms with E-state index in [1.807, 2.05) is 47.9 Å². The molecule has 8 nitrogen and oxygen atoms in total. The lowest BCUT2D eigenvalue weighted by Gasteiger charge is -2.35. The molecule has 2 saturated heterocycles. The van der Waals surface area contributed by atoms with Crippen LogP contribution >= 0.6 is 0 Å². The number of morpholine rings is 1. The second-order valence-electron chi connectivity index (χ2n) is 8.90. The number of likely N-dealkylation sites (tertiary alicyclic amines) is 1. The van der Waals surface area contributed by atoms with Crippen molar-refractivity contribution in [2.75, 3.05) is 49.6 Å². The van der Waals surface area contributed by atoms with Gasteiger partial charge in [-0.15, -0.1) is 0 Å². The largest absolute Gasteiger partial charge is 0.378 e. The predicted octanol–water partition coefficient (Wildman–Crippen LogP) is 2.83. The molecular weight excluding hydrogens is 418 g/mol. The molecule has 0 saturated carbocycles. The summed E-state index contributed by atoms with van der Waals surface area (Å²) in [5, 5.41) is 3.06. The minimum absolute atomic E-state index is 0.00293. The number of benzene rings is 2. The van der Waals surface area contributed by atoms with Crippen LogP contribution in [-0.4, -0.2) is 65.8 Å². The van der Waals surface area contributed by atoms with Crippen molar-refractivity contribution in [3.05, 3.63) is 59.0 Å². The summed E-state index contributed by atoms with van der Waals surface area (Å²) < 4.78 is 7.29. The van der Waals surface area contributed by atoms with E-state index in [0.29, 0.717) is 0 Å². The standard InChI is InChI=1S/C25H31N5O3/c1-18(24(31)26-19-6-8-20(9-7-19)29-14-16-33-17-15-29)28-12-10-21(11-13-28)30-23-5-3-2-4-22(23)27-25(30)32/h2-9,18,21H,10-17H2,1H3,(H,26,31)(H,27,32). The fourth-order valence-electron chi connectivity index (χ4n) is 4.96. The molecule has 2 N–H and O–H groups in total. The first-order valence-electron chi connectivity index (χ1n) is 11.8. The van der Waals surface area contributed by atoms with Gasteiger partial charge in [-0.25, -0.2) is 4.79 Å². The number of carbonyl (C=O) groups is 1. The van der Waals surface area contributed by atoms with Crippen LogP contribution in [0.2, 0.25) is 0 Å². The maximum absolute atomic E-state index is 12.9. The summed E-state index contributed by atoms with van der Waals surface area (Å²) in [6.07, 6.45) is 1.68. The Kier molecular flexibility index (Phi) is 6.20. The van der Waals surface area contributed by atoms with Crippen molar-refractivity contribution in [3.63, 3.8) is 0 Å². The molecule has 33 heavy (non-hydrogen) atoms. The Hall–Kier alpha value is -3.10. The van der Waals surface area contributed by atoms with Gasteiger partial charge in [0.1, 0.15) is 0 Å². The molecule has 0 spiro atoms. The Balaban J connectivity index is 1.17. The van der Waals surface area contributed by atoms with Gasteiger partial charge in [0.2, 0.25) is 5.91 Å². The van der Waals surface area contributed by atoms with Gasteiger partial charge in [0.05, 0.1) is 30.3 Å². The first-order valence-corrected chi connectivity index (χ1v) is 11.8. The van der Waals surface area contributed by atoms with E-state index in [9.17, 15) is 9.59 Å². The minimum Gasteiger partial charge on any atom is -0.378 e. The number of imidazole rings is 1. The first-order chi connectivity index (χ1) is 16.1. The highest BCUT2D eigenvalue weighted by molar-refractivity contribution is 5.94. The van der Waals surface area contributed by atoms with Crippen molar-refractivity contribution in [2.45, 2.75) is 31.8 Å². The van der Waals surface area contributed by atoms with Crippen LogP contribution in [0.15, 0.2) is 53.3 Å². The third-order valence-electron chi connectivity index (χ3n) is 6.93. The molecule has 1 amide bonds. The van der Waals surface area contributed by atoms with E-state index in [2.05, 4.69) is 32.2 Å². The Bertz CT molecular complexity index is 1150. The Labute approximate surface area is 193 Å². The van der Waals surface area contributed by atoms with Gasteiger partial charge < -0.3 is 19.9 Å². The normalized spacial score (nSPS) is 19.0. The molecule has 8 heteroatoms. The number of aromatic nitrogens is 2. The molecule has 0 radical (unpaired) electrons. The summed E-state index contributed by atoms with van der Waals surface area (Å²) in [4.78, 5) is 32.9. The molecule has 3 heterocycles. The van der Waals surface area contributed by atoms with Crippen molar-refractivity contribution in [2.24, 2.45) is 0 Å². The molecule has 2 fully saturated rings. The molecule has 1 aromatic heterocycles. The van der Waals surface area contributed by atoms with E-state index in [1.165, 1.54) is 0 Å². The third kappa shape index (κ3) is 4.54. The number of carbonyl (C=O) groups excluding carboxylic acids is 1. The lowest BCUT2D eigenvalue weighted by atomic mass is 10.0. The molecule has 2 aromatic carbocycles. The smallest absolute Gasteiger partial charge is 0.326 e. The summed E-state index contributed by atoms with van der Waals surface area (Å²) in [6.45, 7) is 6.80. The molecule has 0 aliphatic carbocycles. The summed E-state index contributed by atoms with van der Waals surface area (Å²) in [5.74, 6) is -0.00293. The quantitative estimate of drug-likeness (QED) is 0.626. The molecule has 3 aromatic rings. The van der Waals surface area contributed by atoms with E-state index in [1.54, 1.807) is 0 Å². The first kappa shape index (κ1) is 21.7. The van der Waals surface area contributed by atoms with Gasteiger partial charge in [0.15, 0.2) is 0 Å². The van der Waals surface area contributed by atoms with Gasteiger partial charge >= 0.3 is 5.69 Å². The molecule has 1 atom stereocenters. The Morgan fingerprint density at radius 3 is 2.45 bits per heavy atom. The van der Waals surface area contributed by atoms with Gasteiger partial charge in [-0.3, -0.25) is 14.3 Å². The average molecular weight is 450 g/mol. The Morgan fingerprint density at radius 1 is 1.03 bits per heavy atom. The highest BCUT2D eigenvalue weighted by Gasteiger charge is 2.28. The topological polar surface area (TPSA) is 82.6 Å². The second-order valence-corrected chi connectivity index (χ2v) is 8.90. The van der Waals surface area contributed by atoms with Crippen molar-refractivity contribution < 1.29 is 9.53 Å². The van der Waals surface area contributed by atoms with Crippen molar-refractivity contribution >= 4 is 28.3 Å². The van der Waals surface area contributed by atoms with Gasteiger partial charge in [0, 0.05) is 43.6 Å². The Morgan fingerprint density at radius 2 is 1.73 bits per heavy atom. The number of rotatable bonds is 5. The lowest BCUT2D eigenvalue weighted by Crippen LogP contribution is -2.46. The van der Waals surface area contributed by atoms with Crippen LogP contribution in [0.5, 0.6) is 0 Å². The number of H-pyrrole nitrogens is 1. The molecule has 0 bridgehead atoms. The summed E-state index contributed by atoms with van der Waals surface area (Å²) in [5.41, 5.74) is 3.73. The zero-order valence-corrected chi connectivity index (χ0v) is 19.0. The van der Waals surface area contributed by atoms with Gasteiger partial charge in [0.25, 0.3) is 0 Å².